The molecular formula is C7H5ClN2O4. The second-order valence-corrected chi connectivity index (χ2v) is 2.84. The van der Waals surface area contributed by atoms with E-state index in [1.165, 1.54) is 12.1 Å². The Morgan fingerprint density at radius 1 is 1.64 bits per heavy atom. The van der Waals surface area contributed by atoms with Gasteiger partial charge in [-0.05, 0) is 22.0 Å². The summed E-state index contributed by atoms with van der Waals surface area (Å²) < 4.78 is 0. The normalized spacial score (nSPS) is 9.79. The highest BCUT2D eigenvalue weighted by Gasteiger charge is 2.17. The Morgan fingerprint density at radius 3 is 2.79 bits per heavy atom. The molecule has 74 valence electrons. The maximum atomic E-state index is 10.4. The number of carbonyl (C=O) groups is 1. The largest absolute Gasteiger partial charge is 0.481 e. The molecule has 1 heterocycles. The van der Waals surface area contributed by atoms with Crippen LogP contribution in [0.5, 0.6) is 0 Å². The molecule has 0 aliphatic heterocycles. The fourth-order valence-electron chi connectivity index (χ4n) is 0.852. The molecule has 0 bridgehead atoms. The number of pyridine rings is 1. The zero-order valence-corrected chi connectivity index (χ0v) is 7.56. The van der Waals surface area contributed by atoms with Gasteiger partial charge in [0.2, 0.25) is 0 Å². The molecule has 0 saturated heterocycles. The molecule has 0 amide bonds. The van der Waals surface area contributed by atoms with Crippen LogP contribution in [-0.4, -0.2) is 21.0 Å². The van der Waals surface area contributed by atoms with Crippen molar-refractivity contribution in [2.75, 3.05) is 0 Å². The van der Waals surface area contributed by atoms with Crippen molar-refractivity contribution >= 4 is 23.4 Å². The minimum Gasteiger partial charge on any atom is -0.481 e. The summed E-state index contributed by atoms with van der Waals surface area (Å²) in [5.41, 5.74) is 0.105. The maximum absolute atomic E-state index is 10.4. The van der Waals surface area contributed by atoms with E-state index in [0.29, 0.717) is 0 Å². The van der Waals surface area contributed by atoms with E-state index in [1.807, 2.05) is 0 Å². The smallest absolute Gasteiger partial charge is 0.382 e. The Labute approximate surface area is 83.3 Å². The number of rotatable bonds is 3. The predicted molar refractivity (Wildman–Crippen MR) is 47.2 cm³/mol. The summed E-state index contributed by atoms with van der Waals surface area (Å²) in [5, 5.41) is 18.7. The number of nitro groups is 1. The van der Waals surface area contributed by atoms with Crippen LogP contribution >= 0.6 is 11.6 Å². The Kier molecular flexibility index (Phi) is 2.98. The first-order valence-electron chi connectivity index (χ1n) is 3.52. The lowest BCUT2D eigenvalue weighted by atomic mass is 10.3. The van der Waals surface area contributed by atoms with Crippen molar-refractivity contribution < 1.29 is 14.8 Å². The topological polar surface area (TPSA) is 93.3 Å². The van der Waals surface area contributed by atoms with Crippen molar-refractivity contribution in [3.63, 3.8) is 0 Å². The van der Waals surface area contributed by atoms with Crippen LogP contribution in [0.4, 0.5) is 5.82 Å². The summed E-state index contributed by atoms with van der Waals surface area (Å²) in [6, 6.07) is 2.59. The molecule has 7 heteroatoms. The Bertz CT molecular complexity index is 393. The Morgan fingerprint density at radius 2 is 2.29 bits per heavy atom. The number of aromatic nitrogens is 1. The average molecular weight is 217 g/mol. The van der Waals surface area contributed by atoms with Crippen LogP contribution in [0.25, 0.3) is 0 Å². The molecule has 0 radical (unpaired) electrons. The standard InChI is InChI=1S/C7H5ClN2O4/c8-5-2-1-4(3-6(11)12)9-7(5)10(13)14/h1-2H,3H2,(H,11,12). The van der Waals surface area contributed by atoms with Crippen molar-refractivity contribution in [3.8, 4) is 0 Å². The zero-order valence-electron chi connectivity index (χ0n) is 6.81. The van der Waals surface area contributed by atoms with Crippen LogP contribution in [0.2, 0.25) is 5.02 Å². The molecule has 0 aromatic carbocycles. The number of halogens is 1. The summed E-state index contributed by atoms with van der Waals surface area (Å²) in [6.45, 7) is 0. The van der Waals surface area contributed by atoms with Crippen molar-refractivity contribution in [3.05, 3.63) is 33.0 Å². The predicted octanol–water partition coefficient (Wildman–Crippen LogP) is 1.27. The molecule has 1 rings (SSSR count). The molecule has 0 aliphatic carbocycles. The summed E-state index contributed by atoms with van der Waals surface area (Å²) in [4.78, 5) is 23.4. The molecule has 0 atom stereocenters. The number of hydrogen-bond donors (Lipinski definition) is 1. The van der Waals surface area contributed by atoms with E-state index >= 15 is 0 Å². The lowest BCUT2D eigenvalue weighted by Gasteiger charge is -1.96. The minimum absolute atomic E-state index is 0.105. The number of nitrogens with zero attached hydrogens (tertiary/aromatic N) is 2. The van der Waals surface area contributed by atoms with Crippen LogP contribution in [0.3, 0.4) is 0 Å². The highest BCUT2D eigenvalue weighted by molar-refractivity contribution is 6.32. The molecule has 0 spiro atoms. The van der Waals surface area contributed by atoms with E-state index in [-0.39, 0.29) is 17.1 Å². The zero-order chi connectivity index (χ0) is 10.7. The second kappa shape index (κ2) is 4.01. The molecule has 0 unspecified atom stereocenters. The third-order valence-corrected chi connectivity index (χ3v) is 1.69. The number of hydrogen-bond acceptors (Lipinski definition) is 4. The van der Waals surface area contributed by atoms with Gasteiger partial charge in [-0.3, -0.25) is 4.79 Å². The molecule has 14 heavy (non-hydrogen) atoms. The highest BCUT2D eigenvalue weighted by atomic mass is 35.5. The molecule has 0 aliphatic rings. The summed E-state index contributed by atoms with van der Waals surface area (Å²) in [5.74, 6) is -1.63. The highest BCUT2D eigenvalue weighted by Crippen LogP contribution is 2.21. The van der Waals surface area contributed by atoms with Gasteiger partial charge in [0.05, 0.1) is 0 Å². The number of aliphatic carboxylic acids is 1. The third kappa shape index (κ3) is 2.40. The van der Waals surface area contributed by atoms with Gasteiger partial charge in [0, 0.05) is 0 Å². The van der Waals surface area contributed by atoms with E-state index in [0.717, 1.165) is 0 Å². The van der Waals surface area contributed by atoms with Gasteiger partial charge in [-0.15, -0.1) is 0 Å². The van der Waals surface area contributed by atoms with Gasteiger partial charge in [0.25, 0.3) is 0 Å². The summed E-state index contributed by atoms with van der Waals surface area (Å²) in [7, 11) is 0. The van der Waals surface area contributed by atoms with E-state index in [1.54, 1.807) is 0 Å². The van der Waals surface area contributed by atoms with E-state index < -0.39 is 16.7 Å². The Balaban J connectivity index is 3.06. The van der Waals surface area contributed by atoms with Crippen molar-refractivity contribution in [1.82, 2.24) is 4.98 Å². The van der Waals surface area contributed by atoms with E-state index in [4.69, 9.17) is 16.7 Å². The first-order valence-corrected chi connectivity index (χ1v) is 3.90. The van der Waals surface area contributed by atoms with Gasteiger partial charge in [0.1, 0.15) is 11.4 Å². The molecule has 1 aromatic heterocycles. The quantitative estimate of drug-likeness (QED) is 0.607. The van der Waals surface area contributed by atoms with Crippen LogP contribution in [0.15, 0.2) is 12.1 Å². The van der Waals surface area contributed by atoms with Gasteiger partial charge in [-0.1, -0.05) is 11.6 Å². The van der Waals surface area contributed by atoms with Gasteiger partial charge in [-0.25, -0.2) is 0 Å². The fraction of sp³-hybridized carbons (Fsp3) is 0.143. The van der Waals surface area contributed by atoms with E-state index in [9.17, 15) is 14.9 Å². The first-order chi connectivity index (χ1) is 6.50. The van der Waals surface area contributed by atoms with Crippen molar-refractivity contribution in [1.29, 1.82) is 0 Å². The van der Waals surface area contributed by atoms with Crippen LogP contribution in [0, 0.1) is 10.1 Å². The number of carboxylic acid groups (broad SMARTS) is 1. The SMILES string of the molecule is O=C(O)Cc1ccc(Cl)c([N+](=O)[O-])n1. The molecule has 6 nitrogen and oxygen atoms in total. The molecule has 1 N–H and O–H groups in total. The van der Waals surface area contributed by atoms with Crippen LogP contribution < -0.4 is 0 Å². The minimum atomic E-state index is -1.10. The van der Waals surface area contributed by atoms with Crippen LogP contribution in [-0.2, 0) is 11.2 Å². The molecular weight excluding hydrogens is 212 g/mol. The second-order valence-electron chi connectivity index (χ2n) is 2.44. The lowest BCUT2D eigenvalue weighted by Crippen LogP contribution is -2.04. The summed E-state index contributed by atoms with van der Waals surface area (Å²) >= 11 is 5.48. The maximum Gasteiger partial charge on any atom is 0.382 e. The van der Waals surface area contributed by atoms with Gasteiger partial charge >= 0.3 is 11.8 Å². The fourth-order valence-corrected chi connectivity index (χ4v) is 1.03. The third-order valence-electron chi connectivity index (χ3n) is 1.39. The number of carboxylic acids is 1. The van der Waals surface area contributed by atoms with Gasteiger partial charge < -0.3 is 15.2 Å². The summed E-state index contributed by atoms with van der Waals surface area (Å²) in [6.07, 6.45) is -0.363. The van der Waals surface area contributed by atoms with Gasteiger partial charge in [-0.2, -0.15) is 0 Å². The Hall–Kier alpha value is -1.69. The molecule has 0 fully saturated rings. The average Bonchev–Trinajstić information content (AvgIpc) is 2.07. The van der Waals surface area contributed by atoms with Crippen molar-refractivity contribution in [2.24, 2.45) is 0 Å². The lowest BCUT2D eigenvalue weighted by molar-refractivity contribution is -0.389. The first kappa shape index (κ1) is 10.4. The van der Waals surface area contributed by atoms with Gasteiger partial charge in [0.15, 0.2) is 5.69 Å². The monoisotopic (exact) mass is 216 g/mol. The van der Waals surface area contributed by atoms with Crippen molar-refractivity contribution in [2.45, 2.75) is 6.42 Å². The van der Waals surface area contributed by atoms with Crippen LogP contribution in [0.1, 0.15) is 5.69 Å². The molecule has 0 saturated carbocycles. The van der Waals surface area contributed by atoms with E-state index in [2.05, 4.69) is 4.98 Å². The molecule has 1 aromatic rings.